The van der Waals surface area contributed by atoms with Crippen LogP contribution in [0, 0.1) is 11.8 Å². The number of piperidine rings is 2. The second kappa shape index (κ2) is 10.6. The Morgan fingerprint density at radius 3 is 2.05 bits per heavy atom. The molecule has 2 aliphatic rings. The number of nitrogens with zero attached hydrogens (tertiary/aromatic N) is 3. The van der Waals surface area contributed by atoms with Crippen LogP contribution in [-0.2, 0) is 20.0 Å². The summed E-state index contributed by atoms with van der Waals surface area (Å²) in [6.45, 7) is 6.07. The Labute approximate surface area is 230 Å². The summed E-state index contributed by atoms with van der Waals surface area (Å²) in [4.78, 5) is 15.4. The normalized spacial score (nSPS) is 21.3. The van der Waals surface area contributed by atoms with Crippen LogP contribution in [0.5, 0.6) is 5.75 Å². The topological polar surface area (TPSA) is 106 Å². The monoisotopic (exact) mass is 573 g/mol. The van der Waals surface area contributed by atoms with Gasteiger partial charge in [-0.25, -0.2) is 20.8 Å². The number of carbonyl (C=O) groups is 1. The predicted molar refractivity (Wildman–Crippen MR) is 149 cm³/mol. The van der Waals surface area contributed by atoms with Crippen molar-refractivity contribution in [3.63, 3.8) is 0 Å². The quantitative estimate of drug-likeness (QED) is 0.438. The zero-order valence-corrected chi connectivity index (χ0v) is 24.2. The minimum atomic E-state index is -4.19. The fourth-order valence-corrected chi connectivity index (χ4v) is 9.02. The molecule has 2 unspecified atom stereocenters. The highest BCUT2D eigenvalue weighted by Gasteiger charge is 2.34. The summed E-state index contributed by atoms with van der Waals surface area (Å²) in [7, 11) is -6.49. The van der Waals surface area contributed by atoms with Gasteiger partial charge in [-0.2, -0.15) is 4.31 Å². The zero-order valence-electron chi connectivity index (χ0n) is 22.5. The average Bonchev–Trinajstić information content (AvgIpc) is 3.32. The van der Waals surface area contributed by atoms with Crippen molar-refractivity contribution in [2.75, 3.05) is 33.3 Å². The molecule has 2 aromatic carbocycles. The summed E-state index contributed by atoms with van der Waals surface area (Å²) in [5, 5.41) is 0.381. The predicted octanol–water partition coefficient (Wildman–Crippen LogP) is 4.18. The van der Waals surface area contributed by atoms with Crippen molar-refractivity contribution in [3.8, 4) is 5.75 Å². The van der Waals surface area contributed by atoms with E-state index in [1.165, 1.54) is 47.8 Å². The number of hydrogen-bond acceptors (Lipinski definition) is 6. The number of methoxy groups -OCH3 is 1. The molecule has 2 atom stereocenters. The van der Waals surface area contributed by atoms with Crippen molar-refractivity contribution >= 4 is 36.9 Å². The molecule has 3 heterocycles. The molecule has 39 heavy (non-hydrogen) atoms. The minimum absolute atomic E-state index is 0.00137. The Hall–Kier alpha value is -2.89. The number of hydrogen-bond donors (Lipinski definition) is 0. The lowest BCUT2D eigenvalue weighted by Crippen LogP contribution is -2.42. The van der Waals surface area contributed by atoms with Crippen molar-refractivity contribution < 1.29 is 26.4 Å². The Bertz CT molecular complexity index is 1580. The number of ether oxygens (including phenoxy) is 1. The summed E-state index contributed by atoms with van der Waals surface area (Å²) >= 11 is 0. The van der Waals surface area contributed by atoms with Crippen LogP contribution in [0.15, 0.2) is 58.3 Å². The molecule has 1 aromatic heterocycles. The van der Waals surface area contributed by atoms with Gasteiger partial charge in [0.25, 0.3) is 15.9 Å². The number of rotatable bonds is 6. The average molecular weight is 574 g/mol. The lowest BCUT2D eigenvalue weighted by Gasteiger charge is -2.34. The first-order chi connectivity index (χ1) is 18.5. The number of sulfonamides is 1. The van der Waals surface area contributed by atoms with Crippen LogP contribution in [0.1, 0.15) is 50.0 Å². The Morgan fingerprint density at radius 1 is 0.821 bits per heavy atom. The van der Waals surface area contributed by atoms with Crippen LogP contribution in [0.25, 0.3) is 10.9 Å². The molecule has 1 amide bonds. The van der Waals surface area contributed by atoms with Crippen molar-refractivity contribution in [1.29, 1.82) is 0 Å². The van der Waals surface area contributed by atoms with E-state index >= 15 is 0 Å². The highest BCUT2D eigenvalue weighted by atomic mass is 32.2. The van der Waals surface area contributed by atoms with Crippen LogP contribution in [0.3, 0.4) is 0 Å². The van der Waals surface area contributed by atoms with E-state index in [0.29, 0.717) is 37.3 Å². The van der Waals surface area contributed by atoms with Gasteiger partial charge < -0.3 is 9.64 Å². The van der Waals surface area contributed by atoms with Gasteiger partial charge in [0, 0.05) is 31.6 Å². The van der Waals surface area contributed by atoms with Crippen molar-refractivity contribution in [3.05, 3.63) is 54.2 Å². The van der Waals surface area contributed by atoms with Gasteiger partial charge in [0.2, 0.25) is 10.0 Å². The Kier molecular flexibility index (Phi) is 7.51. The van der Waals surface area contributed by atoms with Crippen LogP contribution >= 0.6 is 0 Å². The van der Waals surface area contributed by atoms with Crippen molar-refractivity contribution in [1.82, 2.24) is 13.2 Å². The van der Waals surface area contributed by atoms with Gasteiger partial charge in [-0.05, 0) is 86.1 Å². The number of aromatic nitrogens is 1. The van der Waals surface area contributed by atoms with Gasteiger partial charge in [-0.1, -0.05) is 13.8 Å². The van der Waals surface area contributed by atoms with Gasteiger partial charge in [0.15, 0.2) is 0 Å². The third-order valence-electron chi connectivity index (χ3n) is 7.66. The third-order valence-corrected chi connectivity index (χ3v) is 11.2. The summed E-state index contributed by atoms with van der Waals surface area (Å²) < 4.78 is 62.8. The first-order valence-corrected chi connectivity index (χ1v) is 16.2. The maximum absolute atomic E-state index is 13.9. The van der Waals surface area contributed by atoms with E-state index in [2.05, 4.69) is 0 Å². The second-order valence-corrected chi connectivity index (χ2v) is 14.5. The largest absolute Gasteiger partial charge is 0.497 e. The van der Waals surface area contributed by atoms with Gasteiger partial charge >= 0.3 is 0 Å². The highest BCUT2D eigenvalue weighted by molar-refractivity contribution is 7.90. The third kappa shape index (κ3) is 5.19. The minimum Gasteiger partial charge on any atom is -0.497 e. The Morgan fingerprint density at radius 2 is 1.44 bits per heavy atom. The Balaban J connectivity index is 1.64. The van der Waals surface area contributed by atoms with Gasteiger partial charge in [0.1, 0.15) is 11.4 Å². The number of carbonyl (C=O) groups excluding carboxylic acids is 1. The highest BCUT2D eigenvalue weighted by Crippen LogP contribution is 2.32. The molecule has 0 N–H and O–H groups in total. The summed E-state index contributed by atoms with van der Waals surface area (Å²) in [5.41, 5.74) is 0.253. The molecular weight excluding hydrogens is 538 g/mol. The maximum Gasteiger partial charge on any atom is 0.271 e. The van der Waals surface area contributed by atoms with Crippen LogP contribution in [0.4, 0.5) is 0 Å². The molecule has 0 saturated carbocycles. The van der Waals surface area contributed by atoms with Gasteiger partial charge in [-0.15, -0.1) is 0 Å². The SMILES string of the molecule is COc1ccc(S(=O)(=O)n2c(C(=O)N3CCCCC3)cc3cc(S(=O)(=O)N4CC(C)CC(C)C4)ccc32)cc1. The first-order valence-electron chi connectivity index (χ1n) is 13.4. The van der Waals surface area contributed by atoms with E-state index in [4.69, 9.17) is 4.74 Å². The van der Waals surface area contributed by atoms with Crippen LogP contribution in [0.2, 0.25) is 0 Å². The molecule has 5 rings (SSSR count). The standard InChI is InChI=1S/C28H35N3O6S2/c1-20-15-21(2)19-30(18-20)38(33,34)25-11-12-26-22(16-25)17-27(28(32)29-13-5-4-6-14-29)31(26)39(35,36)24-9-7-23(37-3)8-10-24/h7-12,16-17,20-21H,4-6,13-15,18-19H2,1-3H3. The number of benzene rings is 2. The number of likely N-dealkylation sites (tertiary alicyclic amines) is 1. The molecule has 2 fully saturated rings. The van der Waals surface area contributed by atoms with E-state index in [9.17, 15) is 21.6 Å². The molecule has 2 aliphatic heterocycles. The smallest absolute Gasteiger partial charge is 0.271 e. The molecule has 2 saturated heterocycles. The lowest BCUT2D eigenvalue weighted by atomic mass is 9.94. The van der Waals surface area contributed by atoms with E-state index in [0.717, 1.165) is 29.7 Å². The van der Waals surface area contributed by atoms with Crippen LogP contribution in [-0.4, -0.2) is 69.2 Å². The van der Waals surface area contributed by atoms with Crippen molar-refractivity contribution in [2.24, 2.45) is 11.8 Å². The number of fused-ring (bicyclic) bond motifs is 1. The van der Waals surface area contributed by atoms with Gasteiger partial charge in [-0.3, -0.25) is 4.79 Å². The van der Waals surface area contributed by atoms with E-state index in [1.54, 1.807) is 17.0 Å². The summed E-state index contributed by atoms with van der Waals surface area (Å²) in [6, 6.07) is 11.9. The molecular formula is C28H35N3O6S2. The van der Waals surface area contributed by atoms with Crippen LogP contribution < -0.4 is 4.74 Å². The number of amides is 1. The second-order valence-electron chi connectivity index (χ2n) is 10.8. The molecule has 3 aromatic rings. The zero-order chi connectivity index (χ0) is 27.9. The molecule has 11 heteroatoms. The maximum atomic E-state index is 13.9. The summed E-state index contributed by atoms with van der Waals surface area (Å²) in [6.07, 6.45) is 3.70. The fraction of sp³-hybridized carbons (Fsp3) is 0.464. The van der Waals surface area contributed by atoms with E-state index in [1.807, 2.05) is 13.8 Å². The van der Waals surface area contributed by atoms with E-state index < -0.39 is 20.0 Å². The van der Waals surface area contributed by atoms with E-state index in [-0.39, 0.29) is 38.7 Å². The molecule has 0 bridgehead atoms. The fourth-order valence-electron chi connectivity index (χ4n) is 5.80. The molecule has 210 valence electrons. The molecule has 0 aliphatic carbocycles. The lowest BCUT2D eigenvalue weighted by molar-refractivity contribution is 0.0717. The molecule has 9 nitrogen and oxygen atoms in total. The molecule has 0 spiro atoms. The summed E-state index contributed by atoms with van der Waals surface area (Å²) in [5.74, 6) is 0.617. The first kappa shape index (κ1) is 27.7. The molecule has 0 radical (unpaired) electrons. The van der Waals surface area contributed by atoms with Gasteiger partial charge in [0.05, 0.1) is 22.4 Å². The van der Waals surface area contributed by atoms with Crippen molar-refractivity contribution in [2.45, 2.75) is 49.3 Å².